The Labute approximate surface area is 120 Å². The molecule has 0 unspecified atom stereocenters. The number of rotatable bonds is 3. The van der Waals surface area contributed by atoms with Crippen LogP contribution in [0.25, 0.3) is 0 Å². The minimum atomic E-state index is -1.19. The number of carbonyl (C=O) groups excluding carboxylic acids is 2. The predicted octanol–water partition coefficient (Wildman–Crippen LogP) is 3.53. The monoisotopic (exact) mass is 322 g/mol. The zero-order chi connectivity index (χ0) is 14.0. The molecule has 1 aliphatic carbocycles. The molecular weight excluding hydrogens is 308 g/mol. The van der Waals surface area contributed by atoms with Gasteiger partial charge in [-0.05, 0) is 31.4 Å². The molecule has 1 aromatic carbocycles. The summed E-state index contributed by atoms with van der Waals surface area (Å²) in [7, 11) is 1.31. The first-order chi connectivity index (χ1) is 9.02. The molecule has 1 fully saturated rings. The van der Waals surface area contributed by atoms with Gasteiger partial charge in [-0.1, -0.05) is 40.2 Å². The minimum Gasteiger partial charge on any atom is -0.468 e. The van der Waals surface area contributed by atoms with Crippen LogP contribution in [0.15, 0.2) is 40.9 Å². The number of esters is 1. The number of ketones is 1. The van der Waals surface area contributed by atoms with Crippen LogP contribution >= 0.6 is 15.9 Å². The Morgan fingerprint density at radius 2 is 1.95 bits per heavy atom. The zero-order valence-corrected chi connectivity index (χ0v) is 12.3. The van der Waals surface area contributed by atoms with Gasteiger partial charge in [-0.3, -0.25) is 9.59 Å². The van der Waals surface area contributed by atoms with E-state index in [-0.39, 0.29) is 5.78 Å². The lowest BCUT2D eigenvalue weighted by molar-refractivity contribution is -0.147. The average molecular weight is 323 g/mol. The van der Waals surface area contributed by atoms with Crippen molar-refractivity contribution < 1.29 is 14.3 Å². The van der Waals surface area contributed by atoms with E-state index in [0.717, 1.165) is 10.9 Å². The van der Waals surface area contributed by atoms with Crippen molar-refractivity contribution in [2.45, 2.75) is 19.3 Å². The van der Waals surface area contributed by atoms with Crippen LogP contribution in [0.5, 0.6) is 0 Å². The van der Waals surface area contributed by atoms with Crippen LogP contribution in [0.1, 0.15) is 29.6 Å². The van der Waals surface area contributed by atoms with Crippen LogP contribution in [0, 0.1) is 5.41 Å². The first-order valence-corrected chi connectivity index (χ1v) is 6.88. The molecule has 2 rings (SSSR count). The summed E-state index contributed by atoms with van der Waals surface area (Å²) in [5.74, 6) is -0.711. The first-order valence-electron chi connectivity index (χ1n) is 6.09. The third-order valence-electron chi connectivity index (χ3n) is 3.66. The Balaban J connectivity index is 2.45. The Morgan fingerprint density at radius 3 is 2.42 bits per heavy atom. The van der Waals surface area contributed by atoms with Crippen molar-refractivity contribution >= 4 is 27.7 Å². The highest BCUT2D eigenvalue weighted by Crippen LogP contribution is 2.45. The van der Waals surface area contributed by atoms with Crippen LogP contribution < -0.4 is 0 Å². The van der Waals surface area contributed by atoms with Gasteiger partial charge in [0.05, 0.1) is 7.11 Å². The summed E-state index contributed by atoms with van der Waals surface area (Å²) in [5.41, 5.74) is -0.0216. The Morgan fingerprint density at radius 1 is 1.32 bits per heavy atom. The molecule has 4 heteroatoms. The second-order valence-electron chi connectivity index (χ2n) is 4.69. The maximum Gasteiger partial charge on any atom is 0.323 e. The topological polar surface area (TPSA) is 43.4 Å². The van der Waals surface area contributed by atoms with Crippen LogP contribution in [0.2, 0.25) is 0 Å². The van der Waals surface area contributed by atoms with Crippen molar-refractivity contribution in [3.8, 4) is 0 Å². The Bertz CT molecular complexity index is 533. The summed E-state index contributed by atoms with van der Waals surface area (Å²) in [4.78, 5) is 24.8. The van der Waals surface area contributed by atoms with Gasteiger partial charge < -0.3 is 4.74 Å². The molecule has 1 aromatic rings. The Kier molecular flexibility index (Phi) is 3.90. The van der Waals surface area contributed by atoms with Crippen LogP contribution in [0.3, 0.4) is 0 Å². The summed E-state index contributed by atoms with van der Waals surface area (Å²) in [6.07, 6.45) is 1.96. The van der Waals surface area contributed by atoms with E-state index in [9.17, 15) is 9.59 Å². The van der Waals surface area contributed by atoms with Gasteiger partial charge in [0.1, 0.15) is 0 Å². The second-order valence-corrected chi connectivity index (χ2v) is 5.61. The highest BCUT2D eigenvalue weighted by molar-refractivity contribution is 9.10. The number of carbonyl (C=O) groups is 2. The van der Waals surface area contributed by atoms with Crippen molar-refractivity contribution in [2.75, 3.05) is 7.11 Å². The maximum atomic E-state index is 12.7. The molecule has 0 saturated heterocycles. The summed E-state index contributed by atoms with van der Waals surface area (Å²) < 4.78 is 5.73. The zero-order valence-electron chi connectivity index (χ0n) is 10.7. The molecule has 0 aromatic heterocycles. The number of ether oxygens (including phenoxy) is 1. The number of halogens is 1. The fourth-order valence-corrected chi connectivity index (χ4v) is 2.86. The normalized spacial score (nSPS) is 22.3. The van der Waals surface area contributed by atoms with Crippen molar-refractivity contribution in [3.05, 3.63) is 46.5 Å². The smallest absolute Gasteiger partial charge is 0.323 e. The fourth-order valence-electron chi connectivity index (χ4n) is 2.59. The number of methoxy groups -OCH3 is 1. The minimum absolute atomic E-state index is 0.214. The molecule has 0 amide bonds. The Hall–Kier alpha value is -1.42. The van der Waals surface area contributed by atoms with Gasteiger partial charge >= 0.3 is 5.97 Å². The molecule has 0 heterocycles. The predicted molar refractivity (Wildman–Crippen MR) is 75.9 cm³/mol. The van der Waals surface area contributed by atoms with Crippen molar-refractivity contribution in [1.82, 2.24) is 0 Å². The van der Waals surface area contributed by atoms with Crippen LogP contribution in [-0.4, -0.2) is 18.9 Å². The van der Waals surface area contributed by atoms with Crippen molar-refractivity contribution in [2.24, 2.45) is 5.41 Å². The van der Waals surface area contributed by atoms with Gasteiger partial charge in [-0.2, -0.15) is 0 Å². The number of hydrogen-bond donors (Lipinski definition) is 0. The number of benzene rings is 1. The van der Waals surface area contributed by atoms with Gasteiger partial charge in [0.15, 0.2) is 11.2 Å². The fraction of sp³-hybridized carbons (Fsp3) is 0.333. The van der Waals surface area contributed by atoms with E-state index in [0.29, 0.717) is 24.0 Å². The summed E-state index contributed by atoms with van der Waals surface area (Å²) in [5, 5.41) is 0. The molecular formula is C15H15BrO3. The number of Topliss-reactive ketones (excluding diaryl/α,β-unsaturated/α-hetero) is 1. The van der Waals surface area contributed by atoms with Gasteiger partial charge in [0, 0.05) is 10.0 Å². The lowest BCUT2D eigenvalue weighted by Crippen LogP contribution is -2.39. The third-order valence-corrected chi connectivity index (χ3v) is 4.19. The average Bonchev–Trinajstić information content (AvgIpc) is 2.80. The standard InChI is InChI=1S/C15H15BrO3/c1-10-4-3-9-15(10,14(18)19-2)13(17)11-5-7-12(16)8-6-11/h5-8H,1,3-4,9H2,2H3/t15-/m1/s1. The largest absolute Gasteiger partial charge is 0.468 e. The molecule has 1 atom stereocenters. The van der Waals surface area contributed by atoms with E-state index in [1.807, 2.05) is 0 Å². The SMILES string of the molecule is C=C1CCC[C@]1(C(=O)OC)C(=O)c1ccc(Br)cc1. The molecule has 3 nitrogen and oxygen atoms in total. The highest BCUT2D eigenvalue weighted by Gasteiger charge is 2.51. The molecule has 100 valence electrons. The molecule has 0 aliphatic heterocycles. The van der Waals surface area contributed by atoms with Gasteiger partial charge in [-0.15, -0.1) is 0 Å². The molecule has 0 bridgehead atoms. The summed E-state index contributed by atoms with van der Waals surface area (Å²) >= 11 is 3.33. The quantitative estimate of drug-likeness (QED) is 0.370. The van der Waals surface area contributed by atoms with Gasteiger partial charge in [0.25, 0.3) is 0 Å². The van der Waals surface area contributed by atoms with E-state index in [1.165, 1.54) is 7.11 Å². The molecule has 0 spiro atoms. The van der Waals surface area contributed by atoms with E-state index in [4.69, 9.17) is 4.74 Å². The summed E-state index contributed by atoms with van der Waals surface area (Å²) in [6.45, 7) is 3.91. The third kappa shape index (κ3) is 2.25. The second kappa shape index (κ2) is 5.29. The molecule has 1 saturated carbocycles. The van der Waals surface area contributed by atoms with Crippen molar-refractivity contribution in [3.63, 3.8) is 0 Å². The van der Waals surface area contributed by atoms with Crippen LogP contribution in [-0.2, 0) is 9.53 Å². The van der Waals surface area contributed by atoms with Crippen molar-refractivity contribution in [1.29, 1.82) is 0 Å². The maximum absolute atomic E-state index is 12.7. The van der Waals surface area contributed by atoms with E-state index >= 15 is 0 Å². The summed E-state index contributed by atoms with van der Waals surface area (Å²) in [6, 6.07) is 7.00. The van der Waals surface area contributed by atoms with Gasteiger partial charge in [0.2, 0.25) is 0 Å². The lowest BCUT2D eigenvalue weighted by Gasteiger charge is -2.25. The lowest BCUT2D eigenvalue weighted by atomic mass is 9.76. The van der Waals surface area contributed by atoms with E-state index in [1.54, 1.807) is 24.3 Å². The highest BCUT2D eigenvalue weighted by atomic mass is 79.9. The molecule has 0 radical (unpaired) electrons. The van der Waals surface area contributed by atoms with Crippen LogP contribution in [0.4, 0.5) is 0 Å². The molecule has 1 aliphatic rings. The van der Waals surface area contributed by atoms with E-state index in [2.05, 4.69) is 22.5 Å². The molecule has 0 N–H and O–H groups in total. The van der Waals surface area contributed by atoms with E-state index < -0.39 is 11.4 Å². The number of hydrogen-bond acceptors (Lipinski definition) is 3. The first kappa shape index (κ1) is 14.0. The van der Waals surface area contributed by atoms with Gasteiger partial charge in [-0.25, -0.2) is 0 Å². The molecule has 19 heavy (non-hydrogen) atoms.